The predicted molar refractivity (Wildman–Crippen MR) is 134 cm³/mol. The number of halogens is 4. The van der Waals surface area contributed by atoms with Gasteiger partial charge in [-0.3, -0.25) is 0 Å². The maximum Gasteiger partial charge on any atom is 0.0292 e. The van der Waals surface area contributed by atoms with Crippen molar-refractivity contribution in [3.05, 3.63) is 79.0 Å². The first kappa shape index (κ1) is 20.9. The van der Waals surface area contributed by atoms with Crippen LogP contribution in [0.2, 0.25) is 0 Å². The third kappa shape index (κ3) is 7.61. The van der Waals surface area contributed by atoms with Crippen LogP contribution in [0.4, 0.5) is 0 Å². The molecule has 4 heteroatoms. The summed E-state index contributed by atoms with van der Waals surface area (Å²) in [7, 11) is 0. The molecule has 0 atom stereocenters. The molecule has 0 saturated heterocycles. The standard InChI is InChI=1S/2C9H8I2/c2*1-7(10)9(11)8-5-3-2-4-6-8/h2*2-6H,1H3/b2*9-7+. The van der Waals surface area contributed by atoms with E-state index in [1.165, 1.54) is 25.4 Å². The van der Waals surface area contributed by atoms with E-state index in [1.807, 2.05) is 12.1 Å². The second-order valence-electron chi connectivity index (χ2n) is 4.43. The van der Waals surface area contributed by atoms with E-state index in [1.54, 1.807) is 0 Å². The highest BCUT2D eigenvalue weighted by atomic mass is 127. The Labute approximate surface area is 187 Å². The number of hydrogen-bond donors (Lipinski definition) is 0. The highest BCUT2D eigenvalue weighted by Gasteiger charge is 1.98. The molecule has 2 aromatic carbocycles. The van der Waals surface area contributed by atoms with E-state index in [0.717, 1.165) is 0 Å². The molecule has 2 rings (SSSR count). The lowest BCUT2D eigenvalue weighted by Crippen LogP contribution is -1.74. The van der Waals surface area contributed by atoms with Gasteiger partial charge in [-0.1, -0.05) is 60.7 Å². The quantitative estimate of drug-likeness (QED) is 0.271. The van der Waals surface area contributed by atoms with Crippen LogP contribution in [0.3, 0.4) is 0 Å². The van der Waals surface area contributed by atoms with Crippen LogP contribution in [0.5, 0.6) is 0 Å². The number of benzene rings is 2. The van der Waals surface area contributed by atoms with Gasteiger partial charge in [0.05, 0.1) is 0 Å². The molecule has 0 aliphatic carbocycles. The van der Waals surface area contributed by atoms with Crippen molar-refractivity contribution in [3.8, 4) is 0 Å². The van der Waals surface area contributed by atoms with E-state index in [9.17, 15) is 0 Å². The molecule has 0 heterocycles. The zero-order chi connectivity index (χ0) is 16.5. The Kier molecular flexibility index (Phi) is 10.8. The minimum absolute atomic E-state index is 1.31. The number of hydrogen-bond acceptors (Lipinski definition) is 0. The summed E-state index contributed by atoms with van der Waals surface area (Å²) in [6.07, 6.45) is 0. The fourth-order valence-electron chi connectivity index (χ4n) is 1.57. The first-order valence-electron chi connectivity index (χ1n) is 6.58. The summed E-state index contributed by atoms with van der Waals surface area (Å²) in [5.41, 5.74) is 2.61. The van der Waals surface area contributed by atoms with Crippen LogP contribution >= 0.6 is 90.4 Å². The molecule has 0 aromatic heterocycles. The maximum absolute atomic E-state index is 2.37. The van der Waals surface area contributed by atoms with Gasteiger partial charge in [-0.05, 0) is 115 Å². The molecule has 0 saturated carbocycles. The van der Waals surface area contributed by atoms with E-state index in [-0.39, 0.29) is 0 Å². The van der Waals surface area contributed by atoms with Crippen LogP contribution in [0.15, 0.2) is 67.8 Å². The van der Waals surface area contributed by atoms with Gasteiger partial charge in [0.15, 0.2) is 0 Å². The molecule has 0 aliphatic heterocycles. The van der Waals surface area contributed by atoms with Gasteiger partial charge in [-0.2, -0.15) is 0 Å². The Morgan fingerprint density at radius 3 is 1.05 bits per heavy atom. The Bertz CT molecular complexity index is 576. The van der Waals surface area contributed by atoms with Crippen molar-refractivity contribution in [1.29, 1.82) is 0 Å². The summed E-state index contributed by atoms with van der Waals surface area (Å²) >= 11 is 9.43. The minimum atomic E-state index is 1.31. The third-order valence-corrected chi connectivity index (χ3v) is 8.67. The van der Waals surface area contributed by atoms with Gasteiger partial charge >= 0.3 is 0 Å². The van der Waals surface area contributed by atoms with E-state index >= 15 is 0 Å². The van der Waals surface area contributed by atoms with Crippen molar-refractivity contribution in [2.24, 2.45) is 0 Å². The van der Waals surface area contributed by atoms with Crippen molar-refractivity contribution >= 4 is 97.5 Å². The second-order valence-corrected chi connectivity index (χ2v) is 9.82. The van der Waals surface area contributed by atoms with E-state index in [0.29, 0.717) is 0 Å². The van der Waals surface area contributed by atoms with Gasteiger partial charge in [0.25, 0.3) is 0 Å². The van der Waals surface area contributed by atoms with Crippen LogP contribution in [0.1, 0.15) is 25.0 Å². The van der Waals surface area contributed by atoms with Crippen LogP contribution in [0.25, 0.3) is 7.16 Å². The van der Waals surface area contributed by atoms with Crippen LogP contribution in [-0.2, 0) is 0 Å². The summed E-state index contributed by atoms with van der Waals surface area (Å²) in [5, 5.41) is 0. The summed E-state index contributed by atoms with van der Waals surface area (Å²) < 4.78 is 5.36. The first-order chi connectivity index (χ1) is 10.4. The Balaban J connectivity index is 0.000000220. The molecule has 0 nitrogen and oxygen atoms in total. The Morgan fingerprint density at radius 2 is 0.818 bits per heavy atom. The molecule has 0 fully saturated rings. The van der Waals surface area contributed by atoms with Crippen molar-refractivity contribution in [2.45, 2.75) is 13.8 Å². The lowest BCUT2D eigenvalue weighted by atomic mass is 10.2. The SMILES string of the molecule is C/C(I)=C(\I)c1ccccc1.C/C(I)=C(\I)c1ccccc1. The Morgan fingerprint density at radius 1 is 0.545 bits per heavy atom. The van der Waals surface area contributed by atoms with Gasteiger partial charge in [-0.25, -0.2) is 0 Å². The highest BCUT2D eigenvalue weighted by Crippen LogP contribution is 2.29. The zero-order valence-electron chi connectivity index (χ0n) is 12.3. The van der Waals surface area contributed by atoms with Crippen molar-refractivity contribution in [2.75, 3.05) is 0 Å². The predicted octanol–water partition coefficient (Wildman–Crippen LogP) is 8.49. The van der Waals surface area contributed by atoms with E-state index in [2.05, 4.69) is 153 Å². The van der Waals surface area contributed by atoms with Crippen molar-refractivity contribution in [3.63, 3.8) is 0 Å². The van der Waals surface area contributed by atoms with E-state index in [4.69, 9.17) is 0 Å². The van der Waals surface area contributed by atoms with Crippen molar-refractivity contribution < 1.29 is 0 Å². The zero-order valence-corrected chi connectivity index (χ0v) is 20.9. The smallest absolute Gasteiger partial charge is 0.0292 e. The lowest BCUT2D eigenvalue weighted by Gasteiger charge is -1.99. The molecule has 0 aliphatic rings. The van der Waals surface area contributed by atoms with Crippen LogP contribution in [-0.4, -0.2) is 0 Å². The fourth-order valence-corrected chi connectivity index (χ4v) is 2.91. The van der Waals surface area contributed by atoms with Gasteiger partial charge in [0.1, 0.15) is 0 Å². The summed E-state index contributed by atoms with van der Waals surface area (Å²) in [4.78, 5) is 0. The molecule has 2 aromatic rings. The topological polar surface area (TPSA) is 0 Å². The summed E-state index contributed by atoms with van der Waals surface area (Å²) in [5.74, 6) is 0. The van der Waals surface area contributed by atoms with Crippen molar-refractivity contribution in [1.82, 2.24) is 0 Å². The average molecular weight is 740 g/mol. The van der Waals surface area contributed by atoms with Gasteiger partial charge < -0.3 is 0 Å². The Hall–Kier alpha value is 0.840. The van der Waals surface area contributed by atoms with Gasteiger partial charge in [0.2, 0.25) is 0 Å². The molecule has 0 N–H and O–H groups in total. The molecule has 0 unspecified atom stereocenters. The average Bonchev–Trinajstić information content (AvgIpc) is 2.55. The summed E-state index contributed by atoms with van der Waals surface area (Å²) in [6.45, 7) is 4.24. The number of allylic oxidation sites excluding steroid dienone is 2. The maximum atomic E-state index is 2.37. The van der Waals surface area contributed by atoms with Crippen LogP contribution < -0.4 is 0 Å². The van der Waals surface area contributed by atoms with E-state index < -0.39 is 0 Å². The first-order valence-corrected chi connectivity index (χ1v) is 10.9. The second kappa shape index (κ2) is 11.4. The molecule has 0 bridgehead atoms. The molecular formula is C18H16I4. The molecule has 0 radical (unpaired) electrons. The van der Waals surface area contributed by atoms with Gasteiger partial charge in [-0.15, -0.1) is 0 Å². The monoisotopic (exact) mass is 740 g/mol. The molecule has 0 spiro atoms. The lowest BCUT2D eigenvalue weighted by molar-refractivity contribution is 1.63. The minimum Gasteiger partial charge on any atom is -0.0622 e. The normalized spacial score (nSPS) is 12.6. The molecule has 116 valence electrons. The molecule has 22 heavy (non-hydrogen) atoms. The van der Waals surface area contributed by atoms with Gasteiger partial charge in [0, 0.05) is 14.3 Å². The summed E-state index contributed by atoms with van der Waals surface area (Å²) in [6, 6.07) is 20.8. The third-order valence-electron chi connectivity index (χ3n) is 2.66. The van der Waals surface area contributed by atoms with Crippen LogP contribution in [0, 0.1) is 0 Å². The number of rotatable bonds is 2. The molecular weight excluding hydrogens is 724 g/mol. The molecule has 0 amide bonds. The fraction of sp³-hybridized carbons (Fsp3) is 0.111. The largest absolute Gasteiger partial charge is 0.0622 e. The highest BCUT2D eigenvalue weighted by molar-refractivity contribution is 14.1.